The largest absolute Gasteiger partial charge is 0.494 e. The first-order valence-electron chi connectivity index (χ1n) is 6.42. The number of halogens is 2. The highest BCUT2D eigenvalue weighted by Gasteiger charge is 2.06. The van der Waals surface area contributed by atoms with E-state index in [0.717, 1.165) is 5.56 Å². The molecule has 1 N–H and O–H groups in total. The second kappa shape index (κ2) is 7.09. The van der Waals surface area contributed by atoms with Crippen LogP contribution >= 0.6 is 11.6 Å². The molecule has 2 aromatic carbocycles. The van der Waals surface area contributed by atoms with Gasteiger partial charge in [0.2, 0.25) is 5.91 Å². The molecule has 0 saturated heterocycles. The molecule has 2 aromatic rings. The van der Waals surface area contributed by atoms with E-state index in [4.69, 9.17) is 16.3 Å². The van der Waals surface area contributed by atoms with Crippen LogP contribution < -0.4 is 10.1 Å². The maximum atomic E-state index is 13.5. The Kier molecular flexibility index (Phi) is 5.17. The molecular weight excluding hydrogens is 293 g/mol. The fraction of sp³-hybridized carbons (Fsp3) is 0.188. The first kappa shape index (κ1) is 15.3. The van der Waals surface area contributed by atoms with Crippen molar-refractivity contribution >= 4 is 17.5 Å². The molecule has 0 aliphatic carbocycles. The molecule has 0 atom stereocenters. The lowest BCUT2D eigenvalue weighted by atomic mass is 10.1. The molecule has 0 radical (unpaired) electrons. The van der Waals surface area contributed by atoms with Gasteiger partial charge >= 0.3 is 0 Å². The van der Waals surface area contributed by atoms with E-state index in [-0.39, 0.29) is 24.6 Å². The fourth-order valence-electron chi connectivity index (χ4n) is 1.87. The van der Waals surface area contributed by atoms with Crippen LogP contribution in [-0.2, 0) is 17.8 Å². The predicted octanol–water partition coefficient (Wildman–Crippen LogP) is 3.35. The quantitative estimate of drug-likeness (QED) is 0.920. The Morgan fingerprint density at radius 2 is 1.86 bits per heavy atom. The van der Waals surface area contributed by atoms with E-state index in [1.165, 1.54) is 19.2 Å². The fourth-order valence-corrected chi connectivity index (χ4v) is 2.00. The minimum Gasteiger partial charge on any atom is -0.494 e. The van der Waals surface area contributed by atoms with Gasteiger partial charge < -0.3 is 10.1 Å². The molecule has 0 unspecified atom stereocenters. The van der Waals surface area contributed by atoms with Gasteiger partial charge in [-0.1, -0.05) is 29.8 Å². The van der Waals surface area contributed by atoms with E-state index in [1.54, 1.807) is 30.3 Å². The standard InChI is InChI=1S/C16H15ClFNO2/c1-21-15-7-4-12(8-14(15)18)10-19-16(20)9-11-2-5-13(17)6-3-11/h2-8H,9-10H2,1H3,(H,19,20). The summed E-state index contributed by atoms with van der Waals surface area (Å²) in [5.74, 6) is -0.387. The summed E-state index contributed by atoms with van der Waals surface area (Å²) in [6.45, 7) is 0.271. The number of methoxy groups -OCH3 is 1. The molecule has 0 saturated carbocycles. The van der Waals surface area contributed by atoms with Crippen molar-refractivity contribution in [3.63, 3.8) is 0 Å². The van der Waals surface area contributed by atoms with Crippen molar-refractivity contribution in [1.29, 1.82) is 0 Å². The van der Waals surface area contributed by atoms with Crippen LogP contribution in [0.1, 0.15) is 11.1 Å². The average molecular weight is 308 g/mol. The molecule has 0 aromatic heterocycles. The summed E-state index contributed by atoms with van der Waals surface area (Å²) in [6.07, 6.45) is 0.260. The van der Waals surface area contributed by atoms with Gasteiger partial charge in [-0.2, -0.15) is 0 Å². The van der Waals surface area contributed by atoms with Crippen LogP contribution in [-0.4, -0.2) is 13.0 Å². The molecule has 1 amide bonds. The number of rotatable bonds is 5. The Labute approximate surface area is 127 Å². The number of hydrogen-bond acceptors (Lipinski definition) is 2. The van der Waals surface area contributed by atoms with Crippen molar-refractivity contribution in [2.75, 3.05) is 7.11 Å². The van der Waals surface area contributed by atoms with Gasteiger partial charge in [-0.05, 0) is 35.4 Å². The van der Waals surface area contributed by atoms with E-state index in [1.807, 2.05) is 0 Å². The van der Waals surface area contributed by atoms with Gasteiger partial charge in [0.15, 0.2) is 11.6 Å². The zero-order chi connectivity index (χ0) is 15.2. The number of hydrogen-bond donors (Lipinski definition) is 1. The summed E-state index contributed by atoms with van der Waals surface area (Å²) in [4.78, 5) is 11.8. The molecule has 0 fully saturated rings. The first-order chi connectivity index (χ1) is 10.1. The maximum absolute atomic E-state index is 13.5. The van der Waals surface area contributed by atoms with Crippen LogP contribution in [0.5, 0.6) is 5.75 Å². The number of amides is 1. The number of nitrogens with one attached hydrogen (secondary N) is 1. The molecule has 0 bridgehead atoms. The monoisotopic (exact) mass is 307 g/mol. The van der Waals surface area contributed by atoms with Crippen molar-refractivity contribution < 1.29 is 13.9 Å². The van der Waals surface area contributed by atoms with Crippen LogP contribution in [0.15, 0.2) is 42.5 Å². The summed E-state index contributed by atoms with van der Waals surface area (Å²) in [5, 5.41) is 3.38. The second-order valence-corrected chi connectivity index (χ2v) is 4.99. The minimum absolute atomic E-state index is 0.131. The Balaban J connectivity index is 1.89. The Bertz CT molecular complexity index is 629. The number of carbonyl (C=O) groups is 1. The number of benzene rings is 2. The van der Waals surface area contributed by atoms with Gasteiger partial charge in [0.05, 0.1) is 13.5 Å². The lowest BCUT2D eigenvalue weighted by molar-refractivity contribution is -0.120. The van der Waals surface area contributed by atoms with E-state index >= 15 is 0 Å². The summed E-state index contributed by atoms with van der Waals surface area (Å²) >= 11 is 5.78. The van der Waals surface area contributed by atoms with Gasteiger partial charge in [-0.3, -0.25) is 4.79 Å². The highest BCUT2D eigenvalue weighted by atomic mass is 35.5. The van der Waals surface area contributed by atoms with E-state index < -0.39 is 5.82 Å². The van der Waals surface area contributed by atoms with Gasteiger partial charge in [0.1, 0.15) is 0 Å². The van der Waals surface area contributed by atoms with Gasteiger partial charge in [0.25, 0.3) is 0 Å². The van der Waals surface area contributed by atoms with Crippen molar-refractivity contribution in [1.82, 2.24) is 5.32 Å². The third kappa shape index (κ3) is 4.46. The molecule has 0 spiro atoms. The molecule has 0 aliphatic heterocycles. The smallest absolute Gasteiger partial charge is 0.224 e. The van der Waals surface area contributed by atoms with Crippen LogP contribution in [0.25, 0.3) is 0 Å². The Morgan fingerprint density at radius 1 is 1.19 bits per heavy atom. The number of ether oxygens (including phenoxy) is 1. The van der Waals surface area contributed by atoms with Crippen LogP contribution in [0.3, 0.4) is 0 Å². The summed E-state index contributed by atoms with van der Waals surface area (Å²) in [6, 6.07) is 11.7. The summed E-state index contributed by atoms with van der Waals surface area (Å²) in [5.41, 5.74) is 1.55. The van der Waals surface area contributed by atoms with Crippen LogP contribution in [0, 0.1) is 5.82 Å². The van der Waals surface area contributed by atoms with Gasteiger partial charge in [0, 0.05) is 11.6 Å². The zero-order valence-electron chi connectivity index (χ0n) is 11.5. The lowest BCUT2D eigenvalue weighted by Gasteiger charge is -2.07. The SMILES string of the molecule is COc1ccc(CNC(=O)Cc2ccc(Cl)cc2)cc1F. The van der Waals surface area contributed by atoms with Gasteiger partial charge in [-0.25, -0.2) is 4.39 Å². The zero-order valence-corrected chi connectivity index (χ0v) is 12.3. The maximum Gasteiger partial charge on any atom is 0.224 e. The Hall–Kier alpha value is -2.07. The highest BCUT2D eigenvalue weighted by molar-refractivity contribution is 6.30. The molecule has 2 rings (SSSR count). The normalized spacial score (nSPS) is 10.2. The van der Waals surface area contributed by atoms with E-state index in [9.17, 15) is 9.18 Å². The van der Waals surface area contributed by atoms with Crippen LogP contribution in [0.4, 0.5) is 4.39 Å². The third-order valence-electron chi connectivity index (χ3n) is 2.98. The molecule has 21 heavy (non-hydrogen) atoms. The second-order valence-electron chi connectivity index (χ2n) is 4.55. The average Bonchev–Trinajstić information content (AvgIpc) is 2.48. The molecular formula is C16H15ClFNO2. The summed E-state index contributed by atoms with van der Waals surface area (Å²) in [7, 11) is 1.41. The molecule has 5 heteroatoms. The lowest BCUT2D eigenvalue weighted by Crippen LogP contribution is -2.24. The van der Waals surface area contributed by atoms with Crippen molar-refractivity contribution in [2.24, 2.45) is 0 Å². The third-order valence-corrected chi connectivity index (χ3v) is 3.24. The number of carbonyl (C=O) groups excluding carboxylic acids is 1. The summed E-state index contributed by atoms with van der Waals surface area (Å²) < 4.78 is 18.4. The molecule has 110 valence electrons. The van der Waals surface area contributed by atoms with E-state index in [0.29, 0.717) is 10.6 Å². The molecule has 0 heterocycles. The Morgan fingerprint density at radius 3 is 2.48 bits per heavy atom. The topological polar surface area (TPSA) is 38.3 Å². The molecule has 3 nitrogen and oxygen atoms in total. The van der Waals surface area contributed by atoms with Gasteiger partial charge in [-0.15, -0.1) is 0 Å². The minimum atomic E-state index is -0.443. The van der Waals surface area contributed by atoms with Crippen LogP contribution in [0.2, 0.25) is 5.02 Å². The first-order valence-corrected chi connectivity index (χ1v) is 6.80. The van der Waals surface area contributed by atoms with E-state index in [2.05, 4.69) is 5.32 Å². The van der Waals surface area contributed by atoms with Crippen molar-refractivity contribution in [2.45, 2.75) is 13.0 Å². The highest BCUT2D eigenvalue weighted by Crippen LogP contribution is 2.17. The molecule has 0 aliphatic rings. The van der Waals surface area contributed by atoms with Crippen molar-refractivity contribution in [3.05, 3.63) is 64.4 Å². The van der Waals surface area contributed by atoms with Crippen molar-refractivity contribution in [3.8, 4) is 5.75 Å². The predicted molar refractivity (Wildman–Crippen MR) is 80.0 cm³/mol.